The van der Waals surface area contributed by atoms with Gasteiger partial charge in [-0.2, -0.15) is 0 Å². The molecular formula is C33H33FN4O3. The van der Waals surface area contributed by atoms with Crippen molar-refractivity contribution < 1.29 is 18.8 Å². The van der Waals surface area contributed by atoms with Crippen LogP contribution in [0.1, 0.15) is 54.6 Å². The van der Waals surface area contributed by atoms with Crippen LogP contribution in [-0.2, 0) is 4.79 Å². The van der Waals surface area contributed by atoms with Gasteiger partial charge in [-0.1, -0.05) is 63.2 Å². The first kappa shape index (κ1) is 26.9. The van der Waals surface area contributed by atoms with Crippen LogP contribution in [0.15, 0.2) is 72.9 Å². The van der Waals surface area contributed by atoms with Gasteiger partial charge >= 0.3 is 0 Å². The van der Waals surface area contributed by atoms with Crippen molar-refractivity contribution >= 4 is 28.5 Å². The number of aromatic amines is 1. The number of benzene rings is 2. The highest BCUT2D eigenvalue weighted by molar-refractivity contribution is 6.01. The van der Waals surface area contributed by atoms with E-state index in [1.165, 1.54) is 12.3 Å². The quantitative estimate of drug-likeness (QED) is 0.310. The number of nitrogens with one attached hydrogen (secondary N) is 1. The third-order valence-corrected chi connectivity index (χ3v) is 8.52. The maximum Gasteiger partial charge on any atom is 0.272 e. The van der Waals surface area contributed by atoms with Gasteiger partial charge in [0.05, 0.1) is 23.7 Å². The molecule has 2 aromatic carbocycles. The van der Waals surface area contributed by atoms with Crippen LogP contribution in [-0.4, -0.2) is 62.5 Å². The lowest BCUT2D eigenvalue weighted by molar-refractivity contribution is -0.141. The van der Waals surface area contributed by atoms with Crippen LogP contribution < -0.4 is 0 Å². The molecule has 210 valence electrons. The number of nitrogens with zero attached hydrogens (tertiary/aromatic N) is 3. The van der Waals surface area contributed by atoms with E-state index in [2.05, 4.69) is 9.97 Å². The van der Waals surface area contributed by atoms with Crippen molar-refractivity contribution in [1.82, 2.24) is 19.8 Å². The Morgan fingerprint density at radius 1 is 0.976 bits per heavy atom. The van der Waals surface area contributed by atoms with Crippen molar-refractivity contribution in [2.45, 2.75) is 45.7 Å². The summed E-state index contributed by atoms with van der Waals surface area (Å²) in [4.78, 5) is 51.7. The van der Waals surface area contributed by atoms with Gasteiger partial charge in [0.25, 0.3) is 5.91 Å². The smallest absolute Gasteiger partial charge is 0.272 e. The molecular weight excluding hydrogens is 519 g/mol. The summed E-state index contributed by atoms with van der Waals surface area (Å²) in [5.74, 6) is -1.13. The minimum Gasteiger partial charge on any atom is -0.352 e. The van der Waals surface area contributed by atoms with E-state index >= 15 is 0 Å². The van der Waals surface area contributed by atoms with E-state index in [1.54, 1.807) is 35.2 Å². The number of para-hydroxylation sites is 1. The topological polar surface area (TPSA) is 86.4 Å². The molecule has 0 spiro atoms. The Labute approximate surface area is 238 Å². The fraction of sp³-hybridized carbons (Fsp3) is 0.333. The molecule has 4 heterocycles. The van der Waals surface area contributed by atoms with Crippen LogP contribution in [0.4, 0.5) is 4.39 Å². The molecule has 2 aliphatic heterocycles. The molecule has 3 atom stereocenters. The van der Waals surface area contributed by atoms with Gasteiger partial charge in [-0.3, -0.25) is 19.4 Å². The van der Waals surface area contributed by atoms with E-state index in [0.717, 1.165) is 10.9 Å². The first-order valence-corrected chi connectivity index (χ1v) is 14.0. The van der Waals surface area contributed by atoms with Gasteiger partial charge in [-0.05, 0) is 36.1 Å². The molecule has 1 N–H and O–H groups in total. The lowest BCUT2D eigenvalue weighted by atomic mass is 9.76. The Hall–Kier alpha value is -4.33. The van der Waals surface area contributed by atoms with Gasteiger partial charge in [0.2, 0.25) is 5.91 Å². The number of pyridine rings is 1. The van der Waals surface area contributed by atoms with Gasteiger partial charge in [0.1, 0.15) is 11.5 Å². The number of aromatic nitrogens is 2. The maximum atomic E-state index is 14.2. The zero-order valence-corrected chi connectivity index (χ0v) is 23.4. The van der Waals surface area contributed by atoms with Crippen LogP contribution in [0.25, 0.3) is 22.0 Å². The number of hydrogen-bond donors (Lipinski definition) is 1. The highest BCUT2D eigenvalue weighted by Crippen LogP contribution is 2.38. The lowest BCUT2D eigenvalue weighted by Crippen LogP contribution is -2.53. The molecule has 41 heavy (non-hydrogen) atoms. The minimum absolute atomic E-state index is 0.0334. The van der Waals surface area contributed by atoms with Crippen molar-refractivity contribution in [1.29, 1.82) is 0 Å². The molecule has 0 unspecified atom stereocenters. The summed E-state index contributed by atoms with van der Waals surface area (Å²) in [6, 6.07) is 19.2. The van der Waals surface area contributed by atoms with Crippen molar-refractivity contribution in [3.63, 3.8) is 0 Å². The summed E-state index contributed by atoms with van der Waals surface area (Å²) in [5, 5.41) is 0.965. The first-order chi connectivity index (χ1) is 19.6. The highest BCUT2D eigenvalue weighted by Gasteiger charge is 2.50. The third-order valence-electron chi connectivity index (χ3n) is 8.52. The second-order valence-electron chi connectivity index (χ2n) is 12.2. The Morgan fingerprint density at radius 2 is 1.68 bits per heavy atom. The SMILES string of the molecule is CC(C)(C)[C@H](CC(=O)c1cc2ccccc2[nH]1)C(=O)N1C[C@@H]2C[C@H]1CN2C(=O)c1ccc(-c2ccccc2F)cn1. The molecule has 0 radical (unpaired) electrons. The number of piperazine rings is 1. The molecule has 8 heteroatoms. The van der Waals surface area contributed by atoms with Crippen LogP contribution in [0, 0.1) is 17.2 Å². The average molecular weight is 553 g/mol. The van der Waals surface area contributed by atoms with Gasteiger partial charge in [-0.15, -0.1) is 0 Å². The first-order valence-electron chi connectivity index (χ1n) is 14.0. The molecule has 0 saturated carbocycles. The number of Topliss-reactive ketones (excluding diaryl/α,β-unsaturated/α-hetero) is 1. The molecule has 4 aromatic rings. The van der Waals surface area contributed by atoms with E-state index in [0.29, 0.717) is 42.0 Å². The summed E-state index contributed by atoms with van der Waals surface area (Å²) in [6.45, 7) is 6.85. The summed E-state index contributed by atoms with van der Waals surface area (Å²) in [5.41, 5.74) is 2.33. The van der Waals surface area contributed by atoms with Gasteiger partial charge < -0.3 is 14.8 Å². The summed E-state index contributed by atoms with van der Waals surface area (Å²) in [6.07, 6.45) is 2.34. The molecule has 2 aromatic heterocycles. The Kier molecular flexibility index (Phi) is 6.72. The van der Waals surface area contributed by atoms with Crippen LogP contribution in [0.3, 0.4) is 0 Å². The number of halogens is 1. The monoisotopic (exact) mass is 552 g/mol. The highest BCUT2D eigenvalue weighted by atomic mass is 19.1. The largest absolute Gasteiger partial charge is 0.352 e. The zero-order chi connectivity index (χ0) is 28.9. The van der Waals surface area contributed by atoms with Crippen molar-refractivity contribution in [3.8, 4) is 11.1 Å². The van der Waals surface area contributed by atoms with Gasteiger partial charge in [0.15, 0.2) is 5.78 Å². The maximum absolute atomic E-state index is 14.2. The molecule has 2 aliphatic rings. The molecule has 6 rings (SSSR count). The summed E-state index contributed by atoms with van der Waals surface area (Å²) in [7, 11) is 0. The number of carbonyl (C=O) groups excluding carboxylic acids is 3. The van der Waals surface area contributed by atoms with E-state index < -0.39 is 11.3 Å². The van der Waals surface area contributed by atoms with Gasteiger partial charge in [0, 0.05) is 47.7 Å². The second-order valence-corrected chi connectivity index (χ2v) is 12.2. The van der Waals surface area contributed by atoms with Crippen molar-refractivity contribution in [3.05, 3.63) is 90.1 Å². The van der Waals surface area contributed by atoms with Gasteiger partial charge in [-0.25, -0.2) is 4.39 Å². The summed E-state index contributed by atoms with van der Waals surface area (Å²) >= 11 is 0. The second kappa shape index (κ2) is 10.3. The number of ketones is 1. The van der Waals surface area contributed by atoms with Crippen LogP contribution in [0.2, 0.25) is 0 Å². The summed E-state index contributed by atoms with van der Waals surface area (Å²) < 4.78 is 14.2. The van der Waals surface area contributed by atoms with Crippen LogP contribution in [0.5, 0.6) is 0 Å². The number of rotatable bonds is 6. The van der Waals surface area contributed by atoms with Crippen molar-refractivity contribution in [2.75, 3.05) is 13.1 Å². The predicted octanol–water partition coefficient (Wildman–Crippen LogP) is 5.73. The van der Waals surface area contributed by atoms with Crippen LogP contribution >= 0.6 is 0 Å². The normalized spacial score (nSPS) is 19.1. The Bertz CT molecular complexity index is 1610. The minimum atomic E-state index is -0.488. The molecule has 7 nitrogen and oxygen atoms in total. The van der Waals surface area contributed by atoms with E-state index in [-0.39, 0.29) is 41.9 Å². The number of H-pyrrole nitrogens is 1. The standard InChI is InChI=1S/C33H33FN4O3/c1-33(2,3)25(16-30(39)29-14-20-8-4-7-11-27(20)36-29)31(40)37-18-23-15-22(37)19-38(23)32(41)28-13-12-21(17-35-28)24-9-5-6-10-26(24)34/h4-14,17,22-23,25,36H,15-16,18-19H2,1-3H3/t22-,23-,25+/m0/s1. The van der Waals surface area contributed by atoms with E-state index in [4.69, 9.17) is 0 Å². The van der Waals surface area contributed by atoms with Crippen molar-refractivity contribution in [2.24, 2.45) is 11.3 Å². The van der Waals surface area contributed by atoms with E-state index in [1.807, 2.05) is 56.0 Å². The molecule has 2 saturated heterocycles. The Morgan fingerprint density at radius 3 is 2.34 bits per heavy atom. The van der Waals surface area contributed by atoms with E-state index in [9.17, 15) is 18.8 Å². The number of hydrogen-bond acceptors (Lipinski definition) is 4. The lowest BCUT2D eigenvalue weighted by Gasteiger charge is -2.39. The zero-order valence-electron chi connectivity index (χ0n) is 23.4. The third kappa shape index (κ3) is 5.03. The fourth-order valence-corrected chi connectivity index (χ4v) is 6.19. The fourth-order valence-electron chi connectivity index (χ4n) is 6.19. The average Bonchev–Trinajstić information content (AvgIpc) is 3.69. The number of fused-ring (bicyclic) bond motifs is 3. The molecule has 2 amide bonds. The molecule has 0 aliphatic carbocycles. The number of likely N-dealkylation sites (tertiary alicyclic amines) is 2. The number of amides is 2. The molecule has 2 fully saturated rings. The predicted molar refractivity (Wildman–Crippen MR) is 155 cm³/mol. The Balaban J connectivity index is 1.13. The number of carbonyl (C=O) groups is 3. The molecule has 2 bridgehead atoms.